The number of hydrogen-bond acceptors (Lipinski definition) is 5. The zero-order valence-corrected chi connectivity index (χ0v) is 18.0. The lowest BCUT2D eigenvalue weighted by Crippen LogP contribution is -2.49. The second-order valence-corrected chi connectivity index (χ2v) is 9.23. The van der Waals surface area contributed by atoms with Crippen molar-refractivity contribution in [3.05, 3.63) is 24.5 Å². The Labute approximate surface area is 169 Å². The molecule has 2 heterocycles. The van der Waals surface area contributed by atoms with Gasteiger partial charge in [-0.05, 0) is 37.8 Å². The molecule has 1 saturated heterocycles. The van der Waals surface area contributed by atoms with E-state index in [9.17, 15) is 8.42 Å². The Kier molecular flexibility index (Phi) is 9.14. The van der Waals surface area contributed by atoms with Gasteiger partial charge in [-0.1, -0.05) is 13.8 Å². The van der Waals surface area contributed by atoms with Crippen LogP contribution in [0.15, 0.2) is 34.4 Å². The predicted molar refractivity (Wildman–Crippen MR) is 113 cm³/mol. The van der Waals surface area contributed by atoms with E-state index in [4.69, 9.17) is 0 Å². The van der Waals surface area contributed by atoms with Crippen LogP contribution < -0.4 is 15.4 Å². The summed E-state index contributed by atoms with van der Waals surface area (Å²) in [5, 5.41) is 6.73. The molecule has 0 spiro atoms. The van der Waals surface area contributed by atoms with Gasteiger partial charge >= 0.3 is 0 Å². The van der Waals surface area contributed by atoms with Crippen molar-refractivity contribution in [1.29, 1.82) is 0 Å². The number of aliphatic imine (C=N–C) groups is 1. The van der Waals surface area contributed by atoms with Crippen LogP contribution in [0.1, 0.15) is 33.6 Å². The van der Waals surface area contributed by atoms with Crippen molar-refractivity contribution < 1.29 is 8.42 Å². The van der Waals surface area contributed by atoms with Gasteiger partial charge in [-0.25, -0.2) is 13.1 Å². The molecular formula is C19H34N6O2S. The standard InChI is InChI=1S/C19H34N6O2S/c1-4-21-19(24-17-7-12-25(13-8-17)15-16(2)3)22-10-11-23-28(26,27)18-6-5-9-20-14-18/h5-6,9,14,16-17,23H,4,7-8,10-13,15H2,1-3H3,(H2,21,22,24). The molecule has 0 aromatic carbocycles. The van der Waals surface area contributed by atoms with Crippen LogP contribution in [-0.4, -0.2) is 69.6 Å². The smallest absolute Gasteiger partial charge is 0.242 e. The van der Waals surface area contributed by atoms with Gasteiger partial charge < -0.3 is 15.5 Å². The first-order chi connectivity index (χ1) is 13.4. The Bertz CT molecular complexity index is 700. The molecule has 0 bridgehead atoms. The molecule has 1 aromatic rings. The van der Waals surface area contributed by atoms with Crippen LogP contribution >= 0.6 is 0 Å². The first-order valence-electron chi connectivity index (χ1n) is 10.1. The summed E-state index contributed by atoms with van der Waals surface area (Å²) in [6.07, 6.45) is 5.06. The fourth-order valence-electron chi connectivity index (χ4n) is 3.23. The number of nitrogens with zero attached hydrogens (tertiary/aromatic N) is 3. The van der Waals surface area contributed by atoms with E-state index in [2.05, 4.69) is 44.1 Å². The van der Waals surface area contributed by atoms with E-state index in [-0.39, 0.29) is 11.4 Å². The lowest BCUT2D eigenvalue weighted by molar-refractivity contribution is 0.187. The molecule has 1 aliphatic heterocycles. The number of piperidine rings is 1. The molecule has 9 heteroatoms. The van der Waals surface area contributed by atoms with Crippen molar-refractivity contribution >= 4 is 16.0 Å². The Balaban J connectivity index is 1.79. The van der Waals surface area contributed by atoms with E-state index in [1.54, 1.807) is 12.3 Å². The van der Waals surface area contributed by atoms with Crippen LogP contribution in [0.25, 0.3) is 0 Å². The molecule has 0 atom stereocenters. The van der Waals surface area contributed by atoms with Crippen molar-refractivity contribution in [3.8, 4) is 0 Å². The number of hydrogen-bond donors (Lipinski definition) is 3. The van der Waals surface area contributed by atoms with Crippen LogP contribution in [-0.2, 0) is 10.0 Å². The first-order valence-corrected chi connectivity index (χ1v) is 11.6. The molecule has 0 radical (unpaired) electrons. The van der Waals surface area contributed by atoms with Crippen molar-refractivity contribution in [2.24, 2.45) is 10.9 Å². The maximum absolute atomic E-state index is 12.2. The fraction of sp³-hybridized carbons (Fsp3) is 0.684. The highest BCUT2D eigenvalue weighted by Gasteiger charge is 2.20. The zero-order valence-electron chi connectivity index (χ0n) is 17.2. The first kappa shape index (κ1) is 22.6. The predicted octanol–water partition coefficient (Wildman–Crippen LogP) is 1.04. The number of guanidine groups is 1. The molecule has 1 fully saturated rings. The minimum absolute atomic E-state index is 0.164. The van der Waals surface area contributed by atoms with Crippen molar-refractivity contribution in [1.82, 2.24) is 25.2 Å². The number of nitrogens with one attached hydrogen (secondary N) is 3. The largest absolute Gasteiger partial charge is 0.357 e. The summed E-state index contributed by atoms with van der Waals surface area (Å²) in [4.78, 5) is 11.0. The van der Waals surface area contributed by atoms with Gasteiger partial charge in [0.1, 0.15) is 4.90 Å². The van der Waals surface area contributed by atoms with Gasteiger partial charge in [0.05, 0.1) is 6.54 Å². The molecule has 0 unspecified atom stereocenters. The third kappa shape index (κ3) is 7.73. The SMILES string of the molecule is CCNC(=NCCNS(=O)(=O)c1cccnc1)NC1CCN(CC(C)C)CC1. The topological polar surface area (TPSA) is 98.7 Å². The van der Waals surface area contributed by atoms with E-state index in [0.29, 0.717) is 18.5 Å². The Morgan fingerprint density at radius 1 is 1.36 bits per heavy atom. The molecule has 28 heavy (non-hydrogen) atoms. The maximum atomic E-state index is 12.2. The van der Waals surface area contributed by atoms with Crippen LogP contribution in [0, 0.1) is 5.92 Å². The Morgan fingerprint density at radius 2 is 2.11 bits per heavy atom. The number of aromatic nitrogens is 1. The zero-order chi connectivity index (χ0) is 20.4. The minimum atomic E-state index is -3.54. The van der Waals surface area contributed by atoms with Crippen molar-refractivity contribution in [2.45, 2.75) is 44.6 Å². The van der Waals surface area contributed by atoms with Crippen LogP contribution in [0.4, 0.5) is 0 Å². The van der Waals surface area contributed by atoms with Gasteiger partial charge in [-0.15, -0.1) is 0 Å². The van der Waals surface area contributed by atoms with Crippen molar-refractivity contribution in [2.75, 3.05) is 39.3 Å². The summed E-state index contributed by atoms with van der Waals surface area (Å²) in [6, 6.07) is 3.52. The highest BCUT2D eigenvalue weighted by atomic mass is 32.2. The molecule has 1 aliphatic rings. The summed E-state index contributed by atoms with van der Waals surface area (Å²) in [6.45, 7) is 11.2. The quantitative estimate of drug-likeness (QED) is 0.320. The summed E-state index contributed by atoms with van der Waals surface area (Å²) in [5.74, 6) is 1.43. The van der Waals surface area contributed by atoms with Gasteiger partial charge in [-0.3, -0.25) is 9.98 Å². The van der Waals surface area contributed by atoms with Crippen molar-refractivity contribution in [3.63, 3.8) is 0 Å². The van der Waals surface area contributed by atoms with E-state index in [1.807, 2.05) is 6.92 Å². The summed E-state index contributed by atoms with van der Waals surface area (Å²) in [5.41, 5.74) is 0. The van der Waals surface area contributed by atoms with E-state index in [0.717, 1.165) is 45.0 Å². The molecule has 2 rings (SSSR count). The number of sulfonamides is 1. The Hall–Kier alpha value is -1.71. The van der Waals surface area contributed by atoms with Gasteiger partial charge in [0, 0.05) is 51.2 Å². The molecule has 1 aromatic heterocycles. The minimum Gasteiger partial charge on any atom is -0.357 e. The number of rotatable bonds is 9. The van der Waals surface area contributed by atoms with E-state index >= 15 is 0 Å². The van der Waals surface area contributed by atoms with E-state index < -0.39 is 10.0 Å². The average molecular weight is 411 g/mol. The lowest BCUT2D eigenvalue weighted by Gasteiger charge is -2.34. The van der Waals surface area contributed by atoms with E-state index in [1.165, 1.54) is 12.3 Å². The van der Waals surface area contributed by atoms with Crippen LogP contribution in [0.3, 0.4) is 0 Å². The fourth-order valence-corrected chi connectivity index (χ4v) is 4.21. The summed E-state index contributed by atoms with van der Waals surface area (Å²) in [7, 11) is -3.54. The second kappa shape index (κ2) is 11.3. The van der Waals surface area contributed by atoms with Gasteiger partial charge in [0.15, 0.2) is 5.96 Å². The molecule has 8 nitrogen and oxygen atoms in total. The van der Waals surface area contributed by atoms with Crippen LogP contribution in [0.2, 0.25) is 0 Å². The van der Waals surface area contributed by atoms with Crippen LogP contribution in [0.5, 0.6) is 0 Å². The highest BCUT2D eigenvalue weighted by Crippen LogP contribution is 2.12. The summed E-state index contributed by atoms with van der Waals surface area (Å²) >= 11 is 0. The third-order valence-corrected chi connectivity index (χ3v) is 5.96. The number of likely N-dealkylation sites (tertiary alicyclic amines) is 1. The maximum Gasteiger partial charge on any atom is 0.242 e. The molecule has 0 amide bonds. The molecular weight excluding hydrogens is 376 g/mol. The highest BCUT2D eigenvalue weighted by molar-refractivity contribution is 7.89. The summed E-state index contributed by atoms with van der Waals surface area (Å²) < 4.78 is 26.9. The van der Waals surface area contributed by atoms with Gasteiger partial charge in [-0.2, -0.15) is 0 Å². The average Bonchev–Trinajstić information content (AvgIpc) is 2.67. The third-order valence-electron chi connectivity index (χ3n) is 4.51. The lowest BCUT2D eigenvalue weighted by atomic mass is 10.0. The second-order valence-electron chi connectivity index (χ2n) is 7.46. The normalized spacial score (nSPS) is 17.1. The molecule has 158 valence electrons. The molecule has 0 saturated carbocycles. The molecule has 0 aliphatic carbocycles. The Morgan fingerprint density at radius 3 is 2.71 bits per heavy atom. The number of pyridine rings is 1. The molecule has 3 N–H and O–H groups in total. The van der Waals surface area contributed by atoms with Gasteiger partial charge in [0.2, 0.25) is 10.0 Å². The van der Waals surface area contributed by atoms with Gasteiger partial charge in [0.25, 0.3) is 0 Å². The monoisotopic (exact) mass is 410 g/mol.